The van der Waals surface area contributed by atoms with Gasteiger partial charge in [-0.15, -0.1) is 22.7 Å². The first-order valence-electron chi connectivity index (χ1n) is 8.06. The SMILES string of the molecule is CC(C(=O)Nc1sc2c(c1C(N)=O)CCC2)N(C)Cc1ccc(Cl)s1. The van der Waals surface area contributed by atoms with Gasteiger partial charge in [-0.25, -0.2) is 0 Å². The lowest BCUT2D eigenvalue weighted by molar-refractivity contribution is -0.120. The molecule has 8 heteroatoms. The fourth-order valence-corrected chi connectivity index (χ4v) is 5.44. The zero-order valence-electron chi connectivity index (χ0n) is 14.1. The van der Waals surface area contributed by atoms with E-state index in [0.717, 1.165) is 34.0 Å². The monoisotopic (exact) mass is 397 g/mol. The van der Waals surface area contributed by atoms with Crippen molar-refractivity contribution in [3.05, 3.63) is 37.4 Å². The molecule has 0 radical (unpaired) electrons. The van der Waals surface area contributed by atoms with E-state index >= 15 is 0 Å². The molecule has 2 aromatic rings. The number of nitrogens with one attached hydrogen (secondary N) is 1. The van der Waals surface area contributed by atoms with Crippen LogP contribution in [-0.4, -0.2) is 29.8 Å². The molecule has 0 saturated carbocycles. The second kappa shape index (κ2) is 7.45. The van der Waals surface area contributed by atoms with E-state index in [-0.39, 0.29) is 11.9 Å². The number of carbonyl (C=O) groups excluding carboxylic acids is 2. The predicted molar refractivity (Wildman–Crippen MR) is 104 cm³/mol. The molecule has 0 bridgehead atoms. The van der Waals surface area contributed by atoms with E-state index in [1.54, 1.807) is 0 Å². The van der Waals surface area contributed by atoms with E-state index in [1.165, 1.54) is 27.6 Å². The van der Waals surface area contributed by atoms with Crippen LogP contribution in [0.2, 0.25) is 4.34 Å². The highest BCUT2D eigenvalue weighted by Gasteiger charge is 2.27. The minimum Gasteiger partial charge on any atom is -0.365 e. The topological polar surface area (TPSA) is 75.4 Å². The molecule has 2 amide bonds. The summed E-state index contributed by atoms with van der Waals surface area (Å²) >= 11 is 8.93. The summed E-state index contributed by atoms with van der Waals surface area (Å²) in [6, 6.07) is 3.47. The fraction of sp³-hybridized carbons (Fsp3) is 0.412. The molecule has 5 nitrogen and oxygen atoms in total. The molecule has 134 valence electrons. The van der Waals surface area contributed by atoms with Gasteiger partial charge in [-0.05, 0) is 50.9 Å². The molecule has 1 aliphatic rings. The maximum absolute atomic E-state index is 12.6. The van der Waals surface area contributed by atoms with Gasteiger partial charge in [0.15, 0.2) is 0 Å². The van der Waals surface area contributed by atoms with Gasteiger partial charge in [-0.1, -0.05) is 11.6 Å². The molecule has 1 aliphatic carbocycles. The Morgan fingerprint density at radius 2 is 2.12 bits per heavy atom. The van der Waals surface area contributed by atoms with E-state index in [4.69, 9.17) is 17.3 Å². The lowest BCUT2D eigenvalue weighted by atomic mass is 10.1. The van der Waals surface area contributed by atoms with Crippen LogP contribution in [0.3, 0.4) is 0 Å². The van der Waals surface area contributed by atoms with Gasteiger partial charge in [0.05, 0.1) is 15.9 Å². The van der Waals surface area contributed by atoms with Gasteiger partial charge in [-0.3, -0.25) is 14.5 Å². The summed E-state index contributed by atoms with van der Waals surface area (Å²) in [4.78, 5) is 28.7. The van der Waals surface area contributed by atoms with Crippen molar-refractivity contribution in [2.75, 3.05) is 12.4 Å². The van der Waals surface area contributed by atoms with E-state index in [1.807, 2.05) is 31.0 Å². The van der Waals surface area contributed by atoms with E-state index in [2.05, 4.69) is 5.32 Å². The molecule has 25 heavy (non-hydrogen) atoms. The summed E-state index contributed by atoms with van der Waals surface area (Å²) in [6.45, 7) is 2.48. The van der Waals surface area contributed by atoms with Gasteiger partial charge in [0.1, 0.15) is 5.00 Å². The first-order valence-corrected chi connectivity index (χ1v) is 10.1. The first kappa shape index (κ1) is 18.4. The number of hydrogen-bond acceptors (Lipinski definition) is 5. The largest absolute Gasteiger partial charge is 0.365 e. The highest BCUT2D eigenvalue weighted by atomic mass is 35.5. The molecular weight excluding hydrogens is 378 g/mol. The van der Waals surface area contributed by atoms with Gasteiger partial charge in [0.2, 0.25) is 5.91 Å². The van der Waals surface area contributed by atoms with Crippen LogP contribution in [0.4, 0.5) is 5.00 Å². The van der Waals surface area contributed by atoms with E-state index < -0.39 is 5.91 Å². The number of nitrogens with two attached hydrogens (primary N) is 1. The van der Waals surface area contributed by atoms with Gasteiger partial charge in [0.25, 0.3) is 5.91 Å². The molecule has 1 atom stereocenters. The van der Waals surface area contributed by atoms with Gasteiger partial charge in [-0.2, -0.15) is 0 Å². The molecule has 0 aromatic carbocycles. The second-order valence-corrected chi connectivity index (χ2v) is 9.12. The molecule has 1 unspecified atom stereocenters. The molecule has 0 aliphatic heterocycles. The molecular formula is C17H20ClN3O2S2. The Bertz CT molecular complexity index is 815. The Labute approximate surface area is 159 Å². The highest BCUT2D eigenvalue weighted by molar-refractivity contribution is 7.17. The standard InChI is InChI=1S/C17H20ClN3O2S2/c1-9(21(2)8-10-6-7-13(18)24-10)16(23)20-17-14(15(19)22)11-4-3-5-12(11)25-17/h6-7,9H,3-5,8H2,1-2H3,(H2,19,22)(H,20,23). The molecule has 0 fully saturated rings. The van der Waals surface area contributed by atoms with Crippen molar-refractivity contribution in [3.63, 3.8) is 0 Å². The van der Waals surface area contributed by atoms with Crippen LogP contribution in [-0.2, 0) is 24.2 Å². The molecule has 3 N–H and O–H groups in total. The molecule has 2 heterocycles. The van der Waals surface area contributed by atoms with Gasteiger partial charge < -0.3 is 11.1 Å². The Kier molecular flexibility index (Phi) is 5.48. The Hall–Kier alpha value is -1.41. The summed E-state index contributed by atoms with van der Waals surface area (Å²) in [7, 11) is 1.89. The molecule has 3 rings (SSSR count). The van der Waals surface area contributed by atoms with E-state index in [0.29, 0.717) is 17.1 Å². The first-order chi connectivity index (χ1) is 11.9. The number of hydrogen-bond donors (Lipinski definition) is 2. The average molecular weight is 398 g/mol. The van der Waals surface area contributed by atoms with Crippen molar-refractivity contribution >= 4 is 51.1 Å². The number of likely N-dealkylation sites (N-methyl/N-ethyl adjacent to an activating group) is 1. The third-order valence-corrected chi connectivity index (χ3v) is 6.90. The van der Waals surface area contributed by atoms with Crippen LogP contribution in [0.15, 0.2) is 12.1 Å². The number of anilines is 1. The number of nitrogens with zero attached hydrogens (tertiary/aromatic N) is 1. The van der Waals surface area contributed by atoms with Crippen LogP contribution in [0.1, 0.15) is 39.0 Å². The lowest BCUT2D eigenvalue weighted by Gasteiger charge is -2.23. The molecule has 0 saturated heterocycles. The number of thiophene rings is 2. The van der Waals surface area contributed by atoms with Crippen LogP contribution < -0.4 is 11.1 Å². The Balaban J connectivity index is 1.70. The summed E-state index contributed by atoms with van der Waals surface area (Å²) in [5.74, 6) is -0.614. The minimum atomic E-state index is -0.469. The number of rotatable bonds is 6. The third kappa shape index (κ3) is 3.89. The number of aryl methyl sites for hydroxylation is 1. The average Bonchev–Trinajstić information content (AvgIpc) is 3.22. The minimum absolute atomic E-state index is 0.146. The van der Waals surface area contributed by atoms with Crippen LogP contribution >= 0.6 is 34.3 Å². The van der Waals surface area contributed by atoms with Crippen LogP contribution in [0.25, 0.3) is 0 Å². The van der Waals surface area contributed by atoms with Crippen molar-refractivity contribution in [3.8, 4) is 0 Å². The predicted octanol–water partition coefficient (Wildman–Crippen LogP) is 3.51. The summed E-state index contributed by atoms with van der Waals surface area (Å²) in [6.07, 6.45) is 2.84. The van der Waals surface area contributed by atoms with Crippen molar-refractivity contribution in [1.82, 2.24) is 4.90 Å². The van der Waals surface area contributed by atoms with Gasteiger partial charge in [0, 0.05) is 16.3 Å². The maximum Gasteiger partial charge on any atom is 0.251 e. The zero-order chi connectivity index (χ0) is 18.1. The zero-order valence-corrected chi connectivity index (χ0v) is 16.5. The number of halogens is 1. The highest BCUT2D eigenvalue weighted by Crippen LogP contribution is 2.39. The molecule has 2 aromatic heterocycles. The fourth-order valence-electron chi connectivity index (χ4n) is 2.99. The normalized spacial score (nSPS) is 14.6. The Morgan fingerprint density at radius 3 is 2.76 bits per heavy atom. The number of amides is 2. The number of carbonyl (C=O) groups is 2. The number of primary amides is 1. The quantitative estimate of drug-likeness (QED) is 0.783. The Morgan fingerprint density at radius 1 is 1.36 bits per heavy atom. The summed E-state index contributed by atoms with van der Waals surface area (Å²) in [5, 5.41) is 3.49. The van der Waals surface area contributed by atoms with Crippen LogP contribution in [0, 0.1) is 0 Å². The maximum atomic E-state index is 12.6. The van der Waals surface area contributed by atoms with Gasteiger partial charge >= 0.3 is 0 Å². The van der Waals surface area contributed by atoms with Crippen molar-refractivity contribution in [1.29, 1.82) is 0 Å². The van der Waals surface area contributed by atoms with Crippen molar-refractivity contribution in [2.24, 2.45) is 5.73 Å². The lowest BCUT2D eigenvalue weighted by Crippen LogP contribution is -2.39. The second-order valence-electron chi connectivity index (χ2n) is 6.21. The molecule has 0 spiro atoms. The summed E-state index contributed by atoms with van der Waals surface area (Å²) in [5.41, 5.74) is 7.05. The van der Waals surface area contributed by atoms with Crippen molar-refractivity contribution < 1.29 is 9.59 Å². The summed E-state index contributed by atoms with van der Waals surface area (Å²) < 4.78 is 0.736. The van der Waals surface area contributed by atoms with Crippen molar-refractivity contribution in [2.45, 2.75) is 38.8 Å². The van der Waals surface area contributed by atoms with Crippen LogP contribution in [0.5, 0.6) is 0 Å². The van der Waals surface area contributed by atoms with E-state index in [9.17, 15) is 9.59 Å². The smallest absolute Gasteiger partial charge is 0.251 e. The third-order valence-electron chi connectivity index (χ3n) is 4.48. The number of fused-ring (bicyclic) bond motifs is 1.